The number of carbonyl (C=O) groups excluding carboxylic acids is 1. The molecule has 150 valence electrons. The highest BCUT2D eigenvalue weighted by Gasteiger charge is 2.34. The van der Waals surface area contributed by atoms with Crippen molar-refractivity contribution in [3.63, 3.8) is 0 Å². The molecule has 7 heteroatoms. The molecule has 0 aliphatic carbocycles. The SMILES string of the molecule is O=C(CCCC(CCI)c1ccccc1C(F)(F)F)C1=CN2C=CNC2C=C1. The fourth-order valence-corrected chi connectivity index (χ4v) is 4.35. The van der Waals surface area contributed by atoms with E-state index >= 15 is 0 Å². The van der Waals surface area contributed by atoms with Crippen LogP contribution in [0, 0.1) is 0 Å². The molecule has 2 heterocycles. The van der Waals surface area contributed by atoms with Gasteiger partial charge >= 0.3 is 6.18 Å². The fourth-order valence-electron chi connectivity index (χ4n) is 3.60. The number of halogens is 4. The number of hydrogen-bond acceptors (Lipinski definition) is 3. The molecule has 2 unspecified atom stereocenters. The minimum Gasteiger partial charge on any atom is -0.366 e. The predicted octanol–water partition coefficient (Wildman–Crippen LogP) is 5.51. The first kappa shape index (κ1) is 21.0. The van der Waals surface area contributed by atoms with Gasteiger partial charge in [-0.05, 0) is 42.9 Å². The van der Waals surface area contributed by atoms with E-state index in [4.69, 9.17) is 0 Å². The van der Waals surface area contributed by atoms with Crippen LogP contribution in [0.25, 0.3) is 0 Å². The van der Waals surface area contributed by atoms with Crippen molar-refractivity contribution in [3.05, 3.63) is 71.7 Å². The summed E-state index contributed by atoms with van der Waals surface area (Å²) >= 11 is 2.19. The number of hydrogen-bond donors (Lipinski definition) is 1. The van der Waals surface area contributed by atoms with Gasteiger partial charge in [0, 0.05) is 35.0 Å². The number of nitrogens with zero attached hydrogens (tertiary/aromatic N) is 1. The van der Waals surface area contributed by atoms with Crippen molar-refractivity contribution >= 4 is 28.4 Å². The summed E-state index contributed by atoms with van der Waals surface area (Å²) in [5, 5.41) is 3.14. The van der Waals surface area contributed by atoms with Crippen LogP contribution < -0.4 is 5.32 Å². The Morgan fingerprint density at radius 1 is 1.25 bits per heavy atom. The van der Waals surface area contributed by atoms with Crippen molar-refractivity contribution in [1.29, 1.82) is 0 Å². The average Bonchev–Trinajstić information content (AvgIpc) is 3.14. The minimum absolute atomic E-state index is 0.0207. The van der Waals surface area contributed by atoms with E-state index in [0.717, 1.165) is 10.5 Å². The number of carbonyl (C=O) groups is 1. The molecule has 1 N–H and O–H groups in total. The zero-order chi connectivity index (χ0) is 20.1. The molecule has 0 bridgehead atoms. The lowest BCUT2D eigenvalue weighted by atomic mass is 9.87. The minimum atomic E-state index is -4.36. The molecular formula is C21H22F3IN2O. The van der Waals surface area contributed by atoms with Gasteiger partial charge in [-0.25, -0.2) is 0 Å². The highest BCUT2D eigenvalue weighted by atomic mass is 127. The van der Waals surface area contributed by atoms with Crippen LogP contribution in [-0.2, 0) is 11.0 Å². The lowest BCUT2D eigenvalue weighted by Crippen LogP contribution is -2.32. The Morgan fingerprint density at radius 3 is 2.79 bits per heavy atom. The molecule has 2 atom stereocenters. The highest BCUT2D eigenvalue weighted by molar-refractivity contribution is 14.1. The molecule has 0 spiro atoms. The van der Waals surface area contributed by atoms with Gasteiger partial charge in [0.15, 0.2) is 5.78 Å². The maximum absolute atomic E-state index is 13.4. The number of benzene rings is 1. The Labute approximate surface area is 176 Å². The second kappa shape index (κ2) is 9.15. The summed E-state index contributed by atoms with van der Waals surface area (Å²) in [6.07, 6.45) is 7.05. The molecule has 2 aliphatic heterocycles. The largest absolute Gasteiger partial charge is 0.416 e. The standard InChI is InChI=1S/C21H22F3IN2O/c22-21(23,24)18-6-2-1-5-17(18)15(10-11-25)4-3-7-19(28)16-8-9-20-26-12-13-27(20)14-16/h1-2,5-6,8-9,12-15,20,26H,3-4,7,10-11H2. The third kappa shape index (κ3) is 4.98. The van der Waals surface area contributed by atoms with Crippen molar-refractivity contribution < 1.29 is 18.0 Å². The van der Waals surface area contributed by atoms with Crippen LogP contribution in [0.4, 0.5) is 13.2 Å². The Balaban J connectivity index is 1.63. The van der Waals surface area contributed by atoms with Crippen LogP contribution in [-0.4, -0.2) is 21.3 Å². The normalized spacial score (nSPS) is 19.2. The zero-order valence-corrected chi connectivity index (χ0v) is 17.4. The van der Waals surface area contributed by atoms with E-state index in [2.05, 4.69) is 27.9 Å². The number of Topliss-reactive ketones (excluding diaryl/α,β-unsaturated/α-hetero) is 1. The molecule has 3 rings (SSSR count). The molecule has 0 saturated heterocycles. The molecule has 1 aromatic rings. The van der Waals surface area contributed by atoms with Crippen LogP contribution in [0.1, 0.15) is 42.7 Å². The summed E-state index contributed by atoms with van der Waals surface area (Å²) in [6, 6.07) is 5.79. The zero-order valence-electron chi connectivity index (χ0n) is 15.3. The van der Waals surface area contributed by atoms with Gasteiger partial charge in [-0.15, -0.1) is 0 Å². The quantitative estimate of drug-likeness (QED) is 0.376. The number of rotatable bonds is 8. The molecule has 2 aliphatic rings. The van der Waals surface area contributed by atoms with Gasteiger partial charge in [0.2, 0.25) is 0 Å². The number of alkyl halides is 4. The number of ketones is 1. The maximum Gasteiger partial charge on any atom is 0.416 e. The third-order valence-electron chi connectivity index (χ3n) is 5.02. The van der Waals surface area contributed by atoms with Gasteiger partial charge in [0.25, 0.3) is 0 Å². The van der Waals surface area contributed by atoms with Gasteiger partial charge in [0.1, 0.15) is 6.17 Å². The lowest BCUT2D eigenvalue weighted by molar-refractivity contribution is -0.138. The first-order valence-corrected chi connectivity index (χ1v) is 10.8. The first-order chi connectivity index (χ1) is 13.4. The Morgan fingerprint density at radius 2 is 2.04 bits per heavy atom. The summed E-state index contributed by atoms with van der Waals surface area (Å²) < 4.78 is 40.9. The summed E-state index contributed by atoms with van der Waals surface area (Å²) in [5.41, 5.74) is 0.409. The summed E-state index contributed by atoms with van der Waals surface area (Å²) in [5.74, 6) is -0.180. The van der Waals surface area contributed by atoms with E-state index < -0.39 is 11.7 Å². The van der Waals surface area contributed by atoms with Crippen LogP contribution in [0.3, 0.4) is 0 Å². The van der Waals surface area contributed by atoms with Gasteiger partial charge in [0.05, 0.1) is 5.56 Å². The van der Waals surface area contributed by atoms with Crippen molar-refractivity contribution in [3.8, 4) is 0 Å². The second-order valence-electron chi connectivity index (χ2n) is 6.89. The summed E-state index contributed by atoms with van der Waals surface area (Å²) in [7, 11) is 0. The first-order valence-electron chi connectivity index (χ1n) is 9.25. The van der Waals surface area contributed by atoms with E-state index in [1.165, 1.54) is 6.07 Å². The van der Waals surface area contributed by atoms with E-state index in [1.54, 1.807) is 12.1 Å². The average molecular weight is 502 g/mol. The monoisotopic (exact) mass is 502 g/mol. The van der Waals surface area contributed by atoms with Gasteiger partial charge in [-0.3, -0.25) is 4.79 Å². The number of fused-ring (bicyclic) bond motifs is 1. The van der Waals surface area contributed by atoms with Crippen molar-refractivity contribution in [1.82, 2.24) is 10.2 Å². The molecule has 28 heavy (non-hydrogen) atoms. The smallest absolute Gasteiger partial charge is 0.366 e. The van der Waals surface area contributed by atoms with Crippen molar-refractivity contribution in [2.45, 2.75) is 43.9 Å². The van der Waals surface area contributed by atoms with Crippen molar-refractivity contribution in [2.24, 2.45) is 0 Å². The predicted molar refractivity (Wildman–Crippen MR) is 112 cm³/mol. The van der Waals surface area contributed by atoms with Crippen LogP contribution in [0.5, 0.6) is 0 Å². The van der Waals surface area contributed by atoms with E-state index in [9.17, 15) is 18.0 Å². The van der Waals surface area contributed by atoms with E-state index in [1.807, 2.05) is 35.7 Å². The lowest BCUT2D eigenvalue weighted by Gasteiger charge is -2.23. The Kier molecular flexibility index (Phi) is 6.85. The maximum atomic E-state index is 13.4. The molecule has 3 nitrogen and oxygen atoms in total. The van der Waals surface area contributed by atoms with Crippen molar-refractivity contribution in [2.75, 3.05) is 4.43 Å². The summed E-state index contributed by atoms with van der Waals surface area (Å²) in [6.45, 7) is 0. The van der Waals surface area contributed by atoms with Crippen LogP contribution in [0.15, 0.2) is 60.6 Å². The van der Waals surface area contributed by atoms with E-state index in [-0.39, 0.29) is 17.9 Å². The summed E-state index contributed by atoms with van der Waals surface area (Å²) in [4.78, 5) is 14.4. The van der Waals surface area contributed by atoms with Crippen LogP contribution >= 0.6 is 22.6 Å². The molecule has 0 amide bonds. The molecular weight excluding hydrogens is 480 g/mol. The van der Waals surface area contributed by atoms with Gasteiger partial charge in [-0.1, -0.05) is 46.9 Å². The highest BCUT2D eigenvalue weighted by Crippen LogP contribution is 2.38. The molecule has 0 fully saturated rings. The number of allylic oxidation sites excluding steroid dienone is 2. The topological polar surface area (TPSA) is 32.3 Å². The van der Waals surface area contributed by atoms with Gasteiger partial charge in [-0.2, -0.15) is 13.2 Å². The molecule has 1 aromatic carbocycles. The molecule has 0 saturated carbocycles. The fraction of sp³-hybridized carbons (Fsp3) is 0.381. The van der Waals surface area contributed by atoms with E-state index in [0.29, 0.717) is 36.8 Å². The number of nitrogens with one attached hydrogen (secondary N) is 1. The molecule has 0 radical (unpaired) electrons. The van der Waals surface area contributed by atoms with Crippen LogP contribution in [0.2, 0.25) is 0 Å². The Hall–Kier alpha value is -1.77. The third-order valence-corrected chi connectivity index (χ3v) is 5.65. The second-order valence-corrected chi connectivity index (χ2v) is 7.97. The Bertz CT molecular complexity index is 801. The molecule has 0 aromatic heterocycles. The van der Waals surface area contributed by atoms with Gasteiger partial charge < -0.3 is 10.2 Å².